The third kappa shape index (κ3) is 4.22. The Hall–Kier alpha value is -2.19. The lowest BCUT2D eigenvalue weighted by atomic mass is 9.99. The summed E-state index contributed by atoms with van der Waals surface area (Å²) in [6.45, 7) is 1.54. The van der Waals surface area contributed by atoms with Crippen LogP contribution in [0.2, 0.25) is 0 Å². The monoisotopic (exact) mass is 388 g/mol. The van der Waals surface area contributed by atoms with Crippen LogP contribution in [0.15, 0.2) is 47.6 Å². The Kier molecular flexibility index (Phi) is 5.01. The smallest absolute Gasteiger partial charge is 0.243 e. The highest BCUT2D eigenvalue weighted by molar-refractivity contribution is 7.89. The summed E-state index contributed by atoms with van der Waals surface area (Å²) in [6, 6.07) is 8.38. The van der Waals surface area contributed by atoms with Gasteiger partial charge >= 0.3 is 0 Å². The van der Waals surface area contributed by atoms with Gasteiger partial charge in [-0.15, -0.1) is 0 Å². The highest BCUT2D eigenvalue weighted by Gasteiger charge is 2.33. The van der Waals surface area contributed by atoms with Crippen molar-refractivity contribution < 1.29 is 13.2 Å². The van der Waals surface area contributed by atoms with Crippen molar-refractivity contribution in [3.63, 3.8) is 0 Å². The average Bonchev–Trinajstić information content (AvgIpc) is 3.40. The van der Waals surface area contributed by atoms with Gasteiger partial charge in [0.25, 0.3) is 0 Å². The molecular formula is C19H24N4O3S. The first kappa shape index (κ1) is 18.2. The lowest BCUT2D eigenvalue weighted by molar-refractivity contribution is -0.120. The first-order valence-corrected chi connectivity index (χ1v) is 10.8. The number of benzene rings is 1. The Morgan fingerprint density at radius 3 is 2.70 bits per heavy atom. The molecule has 1 aromatic heterocycles. The van der Waals surface area contributed by atoms with E-state index in [0.29, 0.717) is 31.0 Å². The molecule has 1 amide bonds. The molecule has 4 rings (SSSR count). The van der Waals surface area contributed by atoms with E-state index in [-0.39, 0.29) is 23.3 Å². The summed E-state index contributed by atoms with van der Waals surface area (Å²) in [7, 11) is -3.57. The third-order valence-corrected chi connectivity index (χ3v) is 7.06. The lowest BCUT2D eigenvalue weighted by Gasteiger charge is -2.31. The second-order valence-electron chi connectivity index (χ2n) is 7.40. The van der Waals surface area contributed by atoms with E-state index in [9.17, 15) is 13.2 Å². The molecule has 1 atom stereocenters. The number of piperidine rings is 1. The van der Waals surface area contributed by atoms with Gasteiger partial charge in [0.15, 0.2) is 0 Å². The van der Waals surface area contributed by atoms with Crippen LogP contribution >= 0.6 is 0 Å². The Bertz CT molecular complexity index is 906. The normalized spacial score (nSPS) is 21.1. The maximum Gasteiger partial charge on any atom is 0.243 e. The first-order chi connectivity index (χ1) is 13.0. The average molecular weight is 388 g/mol. The van der Waals surface area contributed by atoms with Crippen LogP contribution < -0.4 is 5.32 Å². The molecule has 1 aliphatic carbocycles. The minimum Gasteiger partial charge on any atom is -0.323 e. The van der Waals surface area contributed by atoms with Gasteiger partial charge in [-0.3, -0.25) is 9.48 Å². The van der Waals surface area contributed by atoms with E-state index in [1.54, 1.807) is 36.5 Å². The van der Waals surface area contributed by atoms with Crippen LogP contribution in [0.5, 0.6) is 0 Å². The van der Waals surface area contributed by atoms with Crippen molar-refractivity contribution >= 4 is 21.6 Å². The molecule has 2 aromatic rings. The fraction of sp³-hybridized carbons (Fsp3) is 0.474. The van der Waals surface area contributed by atoms with Gasteiger partial charge in [-0.2, -0.15) is 9.40 Å². The number of nitrogens with one attached hydrogen (secondary N) is 1. The molecule has 0 unspecified atom stereocenters. The van der Waals surface area contributed by atoms with Crippen molar-refractivity contribution in [3.05, 3.63) is 42.7 Å². The highest BCUT2D eigenvalue weighted by atomic mass is 32.2. The zero-order chi connectivity index (χ0) is 18.9. The number of sulfonamides is 1. The van der Waals surface area contributed by atoms with Crippen LogP contribution in [0.1, 0.15) is 25.7 Å². The maximum absolute atomic E-state index is 12.8. The zero-order valence-corrected chi connectivity index (χ0v) is 15.9. The topological polar surface area (TPSA) is 84.3 Å². The van der Waals surface area contributed by atoms with E-state index in [4.69, 9.17) is 0 Å². The van der Waals surface area contributed by atoms with Crippen LogP contribution in [0.25, 0.3) is 0 Å². The third-order valence-electron chi connectivity index (χ3n) is 5.18. The van der Waals surface area contributed by atoms with E-state index in [2.05, 4.69) is 10.4 Å². The summed E-state index contributed by atoms with van der Waals surface area (Å²) < 4.78 is 28.9. The van der Waals surface area contributed by atoms with Gasteiger partial charge in [-0.05, 0) is 43.7 Å². The predicted octanol–water partition coefficient (Wildman–Crippen LogP) is 2.33. The van der Waals surface area contributed by atoms with Gasteiger partial charge in [0.05, 0.1) is 22.7 Å². The SMILES string of the molecule is O=C(Nc1cnn(CC2CC2)c1)[C@@H]1CCCN(S(=O)(=O)c2ccccc2)C1. The highest BCUT2D eigenvalue weighted by Crippen LogP contribution is 2.30. The first-order valence-electron chi connectivity index (χ1n) is 9.41. The van der Waals surface area contributed by atoms with Crippen LogP contribution in [0.4, 0.5) is 5.69 Å². The molecule has 8 heteroatoms. The van der Waals surface area contributed by atoms with E-state index in [1.165, 1.54) is 17.1 Å². The summed E-state index contributed by atoms with van der Waals surface area (Å²) in [5, 5.41) is 7.18. The number of hydrogen-bond donors (Lipinski definition) is 1. The number of amides is 1. The Labute approximate surface area is 159 Å². The summed E-state index contributed by atoms with van der Waals surface area (Å²) in [4.78, 5) is 12.9. The van der Waals surface area contributed by atoms with Crippen molar-refractivity contribution in [2.24, 2.45) is 11.8 Å². The molecule has 2 heterocycles. The largest absolute Gasteiger partial charge is 0.323 e. The van der Waals surface area contributed by atoms with Crippen molar-refractivity contribution in [1.29, 1.82) is 0 Å². The fourth-order valence-electron chi connectivity index (χ4n) is 3.45. The fourth-order valence-corrected chi connectivity index (χ4v) is 5.00. The molecular weight excluding hydrogens is 364 g/mol. The maximum atomic E-state index is 12.8. The molecule has 7 nitrogen and oxygen atoms in total. The molecule has 1 aromatic carbocycles. The van der Waals surface area contributed by atoms with E-state index >= 15 is 0 Å². The number of carbonyl (C=O) groups is 1. The van der Waals surface area contributed by atoms with Gasteiger partial charge in [0, 0.05) is 25.8 Å². The van der Waals surface area contributed by atoms with E-state index in [1.807, 2.05) is 10.9 Å². The molecule has 0 radical (unpaired) electrons. The van der Waals surface area contributed by atoms with Crippen LogP contribution in [0.3, 0.4) is 0 Å². The standard InChI is InChI=1S/C19H24N4O3S/c24-19(21-17-11-20-22(14-17)12-15-8-9-15)16-5-4-10-23(13-16)27(25,26)18-6-2-1-3-7-18/h1-3,6-7,11,14-16H,4-5,8-10,12-13H2,(H,21,24)/t16-/m1/s1. The van der Waals surface area contributed by atoms with Gasteiger partial charge in [-0.25, -0.2) is 8.42 Å². The molecule has 144 valence electrons. The molecule has 0 spiro atoms. The lowest BCUT2D eigenvalue weighted by Crippen LogP contribution is -2.43. The predicted molar refractivity (Wildman–Crippen MR) is 102 cm³/mol. The summed E-state index contributed by atoms with van der Waals surface area (Å²) in [5.41, 5.74) is 0.670. The number of rotatable bonds is 6. The Morgan fingerprint density at radius 2 is 1.96 bits per heavy atom. The second kappa shape index (κ2) is 7.44. The van der Waals surface area contributed by atoms with Gasteiger partial charge in [0.1, 0.15) is 0 Å². The van der Waals surface area contributed by atoms with Crippen molar-refractivity contribution in [3.8, 4) is 0 Å². The van der Waals surface area contributed by atoms with E-state index < -0.39 is 10.0 Å². The van der Waals surface area contributed by atoms with Crippen LogP contribution in [0, 0.1) is 11.8 Å². The summed E-state index contributed by atoms with van der Waals surface area (Å²) in [6.07, 6.45) is 7.34. The zero-order valence-electron chi connectivity index (χ0n) is 15.1. The summed E-state index contributed by atoms with van der Waals surface area (Å²) in [5.74, 6) is 0.210. The second-order valence-corrected chi connectivity index (χ2v) is 9.34. The number of carbonyl (C=O) groups excluding carboxylic acids is 1. The Morgan fingerprint density at radius 1 is 1.19 bits per heavy atom. The van der Waals surface area contributed by atoms with Gasteiger partial charge in [0.2, 0.25) is 15.9 Å². The molecule has 0 bridgehead atoms. The molecule has 1 N–H and O–H groups in total. The van der Waals surface area contributed by atoms with Crippen LogP contribution in [-0.2, 0) is 21.4 Å². The molecule has 1 saturated carbocycles. The minimum atomic E-state index is -3.57. The molecule has 2 aliphatic rings. The van der Waals surface area contributed by atoms with E-state index in [0.717, 1.165) is 6.54 Å². The summed E-state index contributed by atoms with van der Waals surface area (Å²) >= 11 is 0. The number of hydrogen-bond acceptors (Lipinski definition) is 4. The van der Waals surface area contributed by atoms with Crippen molar-refractivity contribution in [2.75, 3.05) is 18.4 Å². The molecule has 1 saturated heterocycles. The number of anilines is 1. The van der Waals surface area contributed by atoms with Crippen molar-refractivity contribution in [2.45, 2.75) is 37.1 Å². The number of nitrogens with zero attached hydrogens (tertiary/aromatic N) is 3. The minimum absolute atomic E-state index is 0.145. The quantitative estimate of drug-likeness (QED) is 0.823. The Balaban J connectivity index is 1.40. The number of aromatic nitrogens is 2. The molecule has 1 aliphatic heterocycles. The van der Waals surface area contributed by atoms with Gasteiger partial charge < -0.3 is 5.32 Å². The molecule has 2 fully saturated rings. The van der Waals surface area contributed by atoms with Crippen LogP contribution in [-0.4, -0.2) is 41.5 Å². The van der Waals surface area contributed by atoms with Crippen molar-refractivity contribution in [1.82, 2.24) is 14.1 Å². The van der Waals surface area contributed by atoms with Gasteiger partial charge in [-0.1, -0.05) is 18.2 Å². The molecule has 27 heavy (non-hydrogen) atoms.